The topological polar surface area (TPSA) is 60.0 Å². The number of hydrogen-bond acceptors (Lipinski definition) is 5. The first kappa shape index (κ1) is 13.0. The van der Waals surface area contributed by atoms with Crippen molar-refractivity contribution in [2.24, 2.45) is 5.92 Å². The van der Waals surface area contributed by atoms with Crippen LogP contribution in [0.2, 0.25) is 0 Å². The first-order valence-corrected chi connectivity index (χ1v) is 6.02. The summed E-state index contributed by atoms with van der Waals surface area (Å²) in [6.07, 6.45) is 0. The highest BCUT2D eigenvalue weighted by molar-refractivity contribution is 5.55. The second-order valence-electron chi connectivity index (χ2n) is 4.45. The molecule has 1 aromatic rings. The van der Waals surface area contributed by atoms with E-state index in [-0.39, 0.29) is 19.3 Å². The van der Waals surface area contributed by atoms with Gasteiger partial charge in [-0.3, -0.25) is 0 Å². The molecule has 0 spiro atoms. The SMILES string of the molecule is COc1cc(CNCC(C)CO)cc2c1OCO2. The van der Waals surface area contributed by atoms with Gasteiger partial charge in [0, 0.05) is 19.7 Å². The van der Waals surface area contributed by atoms with E-state index < -0.39 is 0 Å². The van der Waals surface area contributed by atoms with Crippen molar-refractivity contribution in [1.82, 2.24) is 5.32 Å². The average Bonchev–Trinajstić information content (AvgIpc) is 2.85. The molecule has 0 aliphatic carbocycles. The minimum atomic E-state index is 0.192. The Labute approximate surface area is 107 Å². The average molecular weight is 253 g/mol. The molecule has 18 heavy (non-hydrogen) atoms. The lowest BCUT2D eigenvalue weighted by Gasteiger charge is -2.11. The summed E-state index contributed by atoms with van der Waals surface area (Å²) in [6, 6.07) is 3.88. The zero-order valence-electron chi connectivity index (χ0n) is 10.7. The highest BCUT2D eigenvalue weighted by Crippen LogP contribution is 2.41. The van der Waals surface area contributed by atoms with Crippen LogP contribution in [0.3, 0.4) is 0 Å². The van der Waals surface area contributed by atoms with Crippen LogP contribution in [0.5, 0.6) is 17.2 Å². The molecule has 5 nitrogen and oxygen atoms in total. The monoisotopic (exact) mass is 253 g/mol. The van der Waals surface area contributed by atoms with E-state index >= 15 is 0 Å². The van der Waals surface area contributed by atoms with Crippen molar-refractivity contribution in [3.8, 4) is 17.2 Å². The van der Waals surface area contributed by atoms with Gasteiger partial charge in [-0.05, 0) is 23.6 Å². The first-order chi connectivity index (χ1) is 8.74. The Kier molecular flexibility index (Phi) is 4.28. The molecule has 1 atom stereocenters. The minimum absolute atomic E-state index is 0.192. The third-order valence-electron chi connectivity index (χ3n) is 2.85. The van der Waals surface area contributed by atoms with Crippen LogP contribution in [0.15, 0.2) is 12.1 Å². The Bertz CT molecular complexity index is 408. The number of aliphatic hydroxyl groups is 1. The Balaban J connectivity index is 2.01. The second-order valence-corrected chi connectivity index (χ2v) is 4.45. The van der Waals surface area contributed by atoms with Crippen molar-refractivity contribution >= 4 is 0 Å². The quantitative estimate of drug-likeness (QED) is 0.796. The fourth-order valence-electron chi connectivity index (χ4n) is 1.81. The maximum Gasteiger partial charge on any atom is 0.231 e. The van der Waals surface area contributed by atoms with E-state index in [0.29, 0.717) is 18.0 Å². The van der Waals surface area contributed by atoms with Crippen LogP contribution in [-0.4, -0.2) is 32.2 Å². The van der Waals surface area contributed by atoms with Crippen molar-refractivity contribution in [3.05, 3.63) is 17.7 Å². The molecule has 2 N–H and O–H groups in total. The van der Waals surface area contributed by atoms with Gasteiger partial charge in [-0.15, -0.1) is 0 Å². The number of methoxy groups -OCH3 is 1. The number of nitrogens with one attached hydrogen (secondary N) is 1. The molecule has 1 heterocycles. The molecule has 0 radical (unpaired) electrons. The molecule has 5 heteroatoms. The van der Waals surface area contributed by atoms with Gasteiger partial charge < -0.3 is 24.6 Å². The van der Waals surface area contributed by atoms with Gasteiger partial charge >= 0.3 is 0 Å². The van der Waals surface area contributed by atoms with Crippen molar-refractivity contribution in [2.45, 2.75) is 13.5 Å². The van der Waals surface area contributed by atoms with E-state index in [2.05, 4.69) is 5.32 Å². The van der Waals surface area contributed by atoms with Crippen LogP contribution in [0.1, 0.15) is 12.5 Å². The molecule has 100 valence electrons. The molecule has 1 aliphatic rings. The molecule has 1 aromatic carbocycles. The maximum absolute atomic E-state index is 8.94. The summed E-state index contributed by atoms with van der Waals surface area (Å²) in [5, 5.41) is 12.2. The summed E-state index contributed by atoms with van der Waals surface area (Å²) in [6.45, 7) is 3.90. The summed E-state index contributed by atoms with van der Waals surface area (Å²) >= 11 is 0. The molecule has 1 unspecified atom stereocenters. The zero-order chi connectivity index (χ0) is 13.0. The predicted molar refractivity (Wildman–Crippen MR) is 67.1 cm³/mol. The molecular weight excluding hydrogens is 234 g/mol. The van der Waals surface area contributed by atoms with Crippen LogP contribution in [-0.2, 0) is 6.54 Å². The highest BCUT2D eigenvalue weighted by Gasteiger charge is 2.19. The summed E-state index contributed by atoms with van der Waals surface area (Å²) < 4.78 is 16.0. The maximum atomic E-state index is 8.94. The van der Waals surface area contributed by atoms with Crippen LogP contribution in [0.4, 0.5) is 0 Å². The van der Waals surface area contributed by atoms with Crippen LogP contribution >= 0.6 is 0 Å². The summed E-state index contributed by atoms with van der Waals surface area (Å²) in [4.78, 5) is 0. The number of aliphatic hydroxyl groups excluding tert-OH is 1. The third-order valence-corrected chi connectivity index (χ3v) is 2.85. The Morgan fingerprint density at radius 1 is 1.44 bits per heavy atom. The number of hydrogen-bond donors (Lipinski definition) is 2. The van der Waals surface area contributed by atoms with Gasteiger partial charge in [0.25, 0.3) is 0 Å². The first-order valence-electron chi connectivity index (χ1n) is 6.02. The van der Waals surface area contributed by atoms with E-state index in [4.69, 9.17) is 19.3 Å². The molecular formula is C13H19NO4. The van der Waals surface area contributed by atoms with E-state index in [0.717, 1.165) is 17.9 Å². The molecule has 0 aromatic heterocycles. The molecule has 0 saturated carbocycles. The number of rotatable bonds is 6. The van der Waals surface area contributed by atoms with Gasteiger partial charge in [-0.1, -0.05) is 6.92 Å². The fourth-order valence-corrected chi connectivity index (χ4v) is 1.81. The summed E-state index contributed by atoms with van der Waals surface area (Å²) in [5.74, 6) is 2.34. The lowest BCUT2D eigenvalue weighted by molar-refractivity contribution is 0.171. The van der Waals surface area contributed by atoms with Crippen molar-refractivity contribution in [2.75, 3.05) is 27.1 Å². The molecule has 1 aliphatic heterocycles. The Hall–Kier alpha value is -1.46. The molecule has 0 amide bonds. The van der Waals surface area contributed by atoms with Gasteiger partial charge in [-0.25, -0.2) is 0 Å². The van der Waals surface area contributed by atoms with Crippen molar-refractivity contribution in [3.63, 3.8) is 0 Å². The lowest BCUT2D eigenvalue weighted by Crippen LogP contribution is -2.22. The summed E-state index contributed by atoms with van der Waals surface area (Å²) in [7, 11) is 1.61. The fraction of sp³-hybridized carbons (Fsp3) is 0.538. The van der Waals surface area contributed by atoms with Gasteiger partial charge in [0.05, 0.1) is 7.11 Å². The second kappa shape index (κ2) is 5.93. The normalized spacial score (nSPS) is 14.6. The third kappa shape index (κ3) is 2.86. The molecule has 0 bridgehead atoms. The zero-order valence-corrected chi connectivity index (χ0v) is 10.7. The largest absolute Gasteiger partial charge is 0.493 e. The standard InChI is InChI=1S/C13H19NO4/c1-9(7-15)5-14-6-10-3-11(16-2)13-12(4-10)17-8-18-13/h3-4,9,14-15H,5-8H2,1-2H3. The van der Waals surface area contributed by atoms with Crippen LogP contribution < -0.4 is 19.5 Å². The summed E-state index contributed by atoms with van der Waals surface area (Å²) in [5.41, 5.74) is 1.07. The molecule has 0 fully saturated rings. The van der Waals surface area contributed by atoms with Gasteiger partial charge in [-0.2, -0.15) is 0 Å². The lowest BCUT2D eigenvalue weighted by atomic mass is 10.1. The minimum Gasteiger partial charge on any atom is -0.493 e. The van der Waals surface area contributed by atoms with Gasteiger partial charge in [0.15, 0.2) is 11.5 Å². The Morgan fingerprint density at radius 2 is 2.28 bits per heavy atom. The van der Waals surface area contributed by atoms with Crippen LogP contribution in [0, 0.1) is 5.92 Å². The predicted octanol–water partition coefficient (Wildman–Crippen LogP) is 1.14. The molecule has 2 rings (SSSR count). The number of benzene rings is 1. The van der Waals surface area contributed by atoms with Crippen molar-refractivity contribution < 1.29 is 19.3 Å². The van der Waals surface area contributed by atoms with Gasteiger partial charge in [0.1, 0.15) is 0 Å². The Morgan fingerprint density at radius 3 is 3.00 bits per heavy atom. The highest BCUT2D eigenvalue weighted by atomic mass is 16.7. The van der Waals surface area contributed by atoms with E-state index in [1.165, 1.54) is 0 Å². The molecule has 0 saturated heterocycles. The number of ether oxygens (including phenoxy) is 3. The smallest absolute Gasteiger partial charge is 0.231 e. The van der Waals surface area contributed by atoms with E-state index in [1.54, 1.807) is 7.11 Å². The van der Waals surface area contributed by atoms with E-state index in [1.807, 2.05) is 19.1 Å². The number of fused-ring (bicyclic) bond motifs is 1. The van der Waals surface area contributed by atoms with Gasteiger partial charge in [0.2, 0.25) is 12.5 Å². The van der Waals surface area contributed by atoms with E-state index in [9.17, 15) is 0 Å². The van der Waals surface area contributed by atoms with Crippen LogP contribution in [0.25, 0.3) is 0 Å². The van der Waals surface area contributed by atoms with Crippen molar-refractivity contribution in [1.29, 1.82) is 0 Å².